The van der Waals surface area contributed by atoms with Gasteiger partial charge >= 0.3 is 5.97 Å². The number of esters is 1. The lowest BCUT2D eigenvalue weighted by molar-refractivity contribution is -0.139. The van der Waals surface area contributed by atoms with E-state index in [1.165, 1.54) is 7.11 Å². The topological polar surface area (TPSA) is 74.5 Å². The average Bonchev–Trinajstić information content (AvgIpc) is 3.10. The maximum Gasteiger partial charge on any atom is 0.309 e. The number of benzene rings is 2. The number of nitrogens with zero attached hydrogens (tertiary/aromatic N) is 2. The first-order chi connectivity index (χ1) is 12.2. The Morgan fingerprint density at radius 1 is 1.12 bits per heavy atom. The minimum atomic E-state index is -0.275. The maximum atomic E-state index is 11.2. The molecule has 1 aromatic heterocycles. The molecule has 0 aliphatic carbocycles. The van der Waals surface area contributed by atoms with Crippen molar-refractivity contribution in [2.24, 2.45) is 0 Å². The number of hydrogen-bond donors (Lipinski definition) is 0. The summed E-state index contributed by atoms with van der Waals surface area (Å²) in [5, 5.41) is 4.00. The summed E-state index contributed by atoms with van der Waals surface area (Å²) in [6, 6.07) is 15.1. The van der Waals surface area contributed by atoms with Crippen LogP contribution >= 0.6 is 0 Å². The number of aromatic nitrogens is 2. The van der Waals surface area contributed by atoms with Crippen LogP contribution in [0.25, 0.3) is 11.4 Å². The lowest BCUT2D eigenvalue weighted by Crippen LogP contribution is -2.04. The van der Waals surface area contributed by atoms with E-state index in [0.29, 0.717) is 17.5 Å². The Bertz CT molecular complexity index is 856. The molecule has 0 aliphatic heterocycles. The molecule has 0 aliphatic rings. The zero-order valence-electron chi connectivity index (χ0n) is 14.1. The highest BCUT2D eigenvalue weighted by Gasteiger charge is 2.11. The van der Waals surface area contributed by atoms with E-state index in [1.807, 2.05) is 43.3 Å². The van der Waals surface area contributed by atoms with Crippen LogP contribution in [0, 0.1) is 6.92 Å². The molecular formula is C19H18N2O4. The molecule has 25 heavy (non-hydrogen) atoms. The first kappa shape index (κ1) is 16.7. The summed E-state index contributed by atoms with van der Waals surface area (Å²) < 4.78 is 15.5. The minimum Gasteiger partial charge on any atom is -0.484 e. The van der Waals surface area contributed by atoms with Crippen molar-refractivity contribution in [3.63, 3.8) is 0 Å². The third-order valence-electron chi connectivity index (χ3n) is 3.72. The molecule has 3 rings (SSSR count). The fourth-order valence-corrected chi connectivity index (χ4v) is 2.33. The molecule has 1 heterocycles. The fraction of sp³-hybridized carbons (Fsp3) is 0.211. The van der Waals surface area contributed by atoms with Crippen LogP contribution in [0.15, 0.2) is 53.1 Å². The number of ether oxygens (including phenoxy) is 2. The summed E-state index contributed by atoms with van der Waals surface area (Å²) in [5.74, 6) is 1.33. The van der Waals surface area contributed by atoms with Crippen molar-refractivity contribution in [2.45, 2.75) is 20.0 Å². The molecule has 0 radical (unpaired) electrons. The molecule has 2 aromatic carbocycles. The van der Waals surface area contributed by atoms with Crippen LogP contribution in [0.5, 0.6) is 5.75 Å². The highest BCUT2D eigenvalue weighted by molar-refractivity contribution is 5.72. The van der Waals surface area contributed by atoms with E-state index in [2.05, 4.69) is 14.9 Å². The van der Waals surface area contributed by atoms with Crippen molar-refractivity contribution in [1.82, 2.24) is 10.1 Å². The van der Waals surface area contributed by atoms with E-state index >= 15 is 0 Å². The smallest absolute Gasteiger partial charge is 0.309 e. The van der Waals surface area contributed by atoms with Gasteiger partial charge in [-0.1, -0.05) is 41.6 Å². The van der Waals surface area contributed by atoms with E-state index in [9.17, 15) is 4.79 Å². The molecule has 0 unspecified atom stereocenters. The van der Waals surface area contributed by atoms with Gasteiger partial charge in [-0.3, -0.25) is 4.79 Å². The summed E-state index contributed by atoms with van der Waals surface area (Å²) in [4.78, 5) is 15.6. The molecule has 6 heteroatoms. The summed E-state index contributed by atoms with van der Waals surface area (Å²) in [6.45, 7) is 2.17. The number of hydrogen-bond acceptors (Lipinski definition) is 6. The van der Waals surface area contributed by atoms with Gasteiger partial charge in [0, 0.05) is 5.56 Å². The monoisotopic (exact) mass is 338 g/mol. The van der Waals surface area contributed by atoms with Gasteiger partial charge in [-0.2, -0.15) is 4.98 Å². The predicted octanol–water partition coefficient (Wildman–Crippen LogP) is 3.34. The van der Waals surface area contributed by atoms with Crippen LogP contribution in [0.1, 0.15) is 17.0 Å². The molecule has 0 saturated carbocycles. The van der Waals surface area contributed by atoms with Gasteiger partial charge in [0.05, 0.1) is 13.5 Å². The van der Waals surface area contributed by atoms with Gasteiger partial charge in [-0.05, 0) is 30.2 Å². The number of methoxy groups -OCH3 is 1. The summed E-state index contributed by atoms with van der Waals surface area (Å²) in [5.41, 5.74) is 2.88. The largest absolute Gasteiger partial charge is 0.484 e. The summed E-state index contributed by atoms with van der Waals surface area (Å²) in [7, 11) is 1.37. The molecule has 0 N–H and O–H groups in total. The zero-order valence-corrected chi connectivity index (χ0v) is 14.1. The highest BCUT2D eigenvalue weighted by Crippen LogP contribution is 2.20. The zero-order chi connectivity index (χ0) is 17.6. The number of carbonyl (C=O) groups is 1. The lowest BCUT2D eigenvalue weighted by atomic mass is 10.1. The second kappa shape index (κ2) is 7.61. The van der Waals surface area contributed by atoms with Crippen LogP contribution in [0.4, 0.5) is 0 Å². The van der Waals surface area contributed by atoms with Crippen molar-refractivity contribution in [2.75, 3.05) is 7.11 Å². The van der Waals surface area contributed by atoms with E-state index in [4.69, 9.17) is 9.26 Å². The molecular weight excluding hydrogens is 320 g/mol. The molecule has 0 bridgehead atoms. The van der Waals surface area contributed by atoms with E-state index in [0.717, 1.165) is 16.7 Å². The summed E-state index contributed by atoms with van der Waals surface area (Å²) in [6.07, 6.45) is 0.236. The van der Waals surface area contributed by atoms with Crippen LogP contribution < -0.4 is 4.74 Å². The molecule has 0 saturated heterocycles. The number of rotatable bonds is 6. The van der Waals surface area contributed by atoms with Gasteiger partial charge in [-0.25, -0.2) is 0 Å². The van der Waals surface area contributed by atoms with Gasteiger partial charge in [-0.15, -0.1) is 0 Å². The van der Waals surface area contributed by atoms with Gasteiger partial charge in [0.25, 0.3) is 5.89 Å². The first-order valence-corrected chi connectivity index (χ1v) is 7.83. The van der Waals surface area contributed by atoms with Crippen molar-refractivity contribution >= 4 is 5.97 Å². The molecule has 0 atom stereocenters. The maximum absolute atomic E-state index is 11.2. The third-order valence-corrected chi connectivity index (χ3v) is 3.72. The number of aryl methyl sites for hydroxylation is 1. The molecule has 3 aromatic rings. The average molecular weight is 338 g/mol. The quantitative estimate of drug-likeness (QED) is 0.642. The van der Waals surface area contributed by atoms with Crippen LogP contribution in [0.2, 0.25) is 0 Å². The van der Waals surface area contributed by atoms with Gasteiger partial charge in [0.1, 0.15) is 5.75 Å². The Labute approximate surface area is 145 Å². The Morgan fingerprint density at radius 3 is 2.60 bits per heavy atom. The van der Waals surface area contributed by atoms with Gasteiger partial charge in [0.15, 0.2) is 6.61 Å². The van der Waals surface area contributed by atoms with Crippen LogP contribution in [-0.2, 0) is 22.6 Å². The Morgan fingerprint density at radius 2 is 1.88 bits per heavy atom. The molecule has 6 nitrogen and oxygen atoms in total. The third kappa shape index (κ3) is 4.23. The van der Waals surface area contributed by atoms with Crippen molar-refractivity contribution in [3.8, 4) is 17.1 Å². The van der Waals surface area contributed by atoms with Gasteiger partial charge in [0.2, 0.25) is 5.82 Å². The molecule has 0 fully saturated rings. The predicted molar refractivity (Wildman–Crippen MR) is 91.0 cm³/mol. The second-order valence-corrected chi connectivity index (χ2v) is 5.51. The Balaban J connectivity index is 1.61. The molecule has 128 valence electrons. The van der Waals surface area contributed by atoms with Crippen LogP contribution in [0.3, 0.4) is 0 Å². The van der Waals surface area contributed by atoms with Crippen molar-refractivity contribution in [1.29, 1.82) is 0 Å². The van der Waals surface area contributed by atoms with Crippen molar-refractivity contribution in [3.05, 3.63) is 65.5 Å². The van der Waals surface area contributed by atoms with E-state index in [1.54, 1.807) is 12.1 Å². The standard InChI is InChI=1S/C19H18N2O4/c1-13-5-3-4-6-16(13)19-20-17(25-21-19)12-24-15-9-7-14(8-10-15)11-18(22)23-2/h3-10H,11-12H2,1-2H3. The lowest BCUT2D eigenvalue weighted by Gasteiger charge is -2.04. The van der Waals surface area contributed by atoms with Crippen LogP contribution in [-0.4, -0.2) is 23.2 Å². The summed E-state index contributed by atoms with van der Waals surface area (Å²) >= 11 is 0. The Hall–Kier alpha value is -3.15. The second-order valence-electron chi connectivity index (χ2n) is 5.51. The van der Waals surface area contributed by atoms with Gasteiger partial charge < -0.3 is 14.0 Å². The fourth-order valence-electron chi connectivity index (χ4n) is 2.33. The normalized spacial score (nSPS) is 10.5. The highest BCUT2D eigenvalue weighted by atomic mass is 16.5. The van der Waals surface area contributed by atoms with E-state index < -0.39 is 0 Å². The molecule has 0 spiro atoms. The van der Waals surface area contributed by atoms with Crippen molar-refractivity contribution < 1.29 is 18.8 Å². The van der Waals surface area contributed by atoms with E-state index in [-0.39, 0.29) is 19.0 Å². The first-order valence-electron chi connectivity index (χ1n) is 7.83. The SMILES string of the molecule is COC(=O)Cc1ccc(OCc2nc(-c3ccccc3C)no2)cc1. The minimum absolute atomic E-state index is 0.176. The Kier molecular flexibility index (Phi) is 5.09. The number of carbonyl (C=O) groups excluding carboxylic acids is 1. The molecule has 0 amide bonds.